The summed E-state index contributed by atoms with van der Waals surface area (Å²) in [4.78, 5) is 15.0. The van der Waals surface area contributed by atoms with Crippen LogP contribution in [0.25, 0.3) is 0 Å². The van der Waals surface area contributed by atoms with Gasteiger partial charge in [0.1, 0.15) is 6.10 Å². The van der Waals surface area contributed by atoms with E-state index in [4.69, 9.17) is 10.5 Å². The first-order valence-corrected chi connectivity index (χ1v) is 8.40. The number of nitrogens with two attached hydrogens (primary N) is 1. The SMILES string of the molecule is C[C@@H]1CO[C@H](c2ccccc2)[C@@H](C)N1C(=O)c1ccc(CN)cc1. The Morgan fingerprint density at radius 3 is 2.42 bits per heavy atom. The number of rotatable bonds is 3. The van der Waals surface area contributed by atoms with E-state index in [1.165, 1.54) is 0 Å². The first kappa shape index (κ1) is 16.7. The number of nitrogens with zero attached hydrogens (tertiary/aromatic N) is 1. The molecule has 1 fully saturated rings. The molecule has 0 unspecified atom stereocenters. The van der Waals surface area contributed by atoms with Crippen molar-refractivity contribution in [3.8, 4) is 0 Å². The van der Waals surface area contributed by atoms with Crippen LogP contribution in [0.1, 0.15) is 41.4 Å². The third-order valence-electron chi connectivity index (χ3n) is 4.67. The molecule has 126 valence electrons. The molecule has 1 aliphatic rings. The summed E-state index contributed by atoms with van der Waals surface area (Å²) in [5.41, 5.74) is 8.46. The number of hydrogen-bond donors (Lipinski definition) is 1. The highest BCUT2D eigenvalue weighted by atomic mass is 16.5. The molecule has 0 radical (unpaired) electrons. The highest BCUT2D eigenvalue weighted by Crippen LogP contribution is 2.31. The van der Waals surface area contributed by atoms with Crippen molar-refractivity contribution in [2.24, 2.45) is 5.73 Å². The summed E-state index contributed by atoms with van der Waals surface area (Å²) < 4.78 is 6.03. The maximum atomic E-state index is 13.0. The zero-order chi connectivity index (χ0) is 17.1. The van der Waals surface area contributed by atoms with Crippen LogP contribution in [-0.2, 0) is 11.3 Å². The van der Waals surface area contributed by atoms with Gasteiger partial charge in [0.2, 0.25) is 0 Å². The molecule has 2 N–H and O–H groups in total. The van der Waals surface area contributed by atoms with Crippen molar-refractivity contribution in [2.45, 2.75) is 38.6 Å². The first-order chi connectivity index (χ1) is 11.6. The summed E-state index contributed by atoms with van der Waals surface area (Å²) in [7, 11) is 0. The molecule has 2 aromatic rings. The van der Waals surface area contributed by atoms with Crippen LogP contribution in [0.4, 0.5) is 0 Å². The lowest BCUT2D eigenvalue weighted by atomic mass is 9.97. The lowest BCUT2D eigenvalue weighted by molar-refractivity contribution is -0.0806. The third-order valence-corrected chi connectivity index (χ3v) is 4.67. The average Bonchev–Trinajstić information content (AvgIpc) is 2.62. The fourth-order valence-electron chi connectivity index (χ4n) is 3.34. The van der Waals surface area contributed by atoms with Crippen molar-refractivity contribution in [1.29, 1.82) is 0 Å². The maximum absolute atomic E-state index is 13.0. The van der Waals surface area contributed by atoms with Crippen LogP contribution >= 0.6 is 0 Å². The van der Waals surface area contributed by atoms with Gasteiger partial charge in [-0.25, -0.2) is 0 Å². The monoisotopic (exact) mass is 324 g/mol. The van der Waals surface area contributed by atoms with Crippen LogP contribution in [0.5, 0.6) is 0 Å². The number of amides is 1. The van der Waals surface area contributed by atoms with E-state index in [0.717, 1.165) is 11.1 Å². The molecule has 1 saturated heterocycles. The Hall–Kier alpha value is -2.17. The predicted molar refractivity (Wildman–Crippen MR) is 94.6 cm³/mol. The summed E-state index contributed by atoms with van der Waals surface area (Å²) in [6.07, 6.45) is -0.102. The van der Waals surface area contributed by atoms with Crippen LogP contribution in [0, 0.1) is 0 Å². The Kier molecular flexibility index (Phi) is 4.97. The molecule has 4 nitrogen and oxygen atoms in total. The minimum Gasteiger partial charge on any atom is -0.369 e. The van der Waals surface area contributed by atoms with Gasteiger partial charge in [0.15, 0.2) is 0 Å². The highest BCUT2D eigenvalue weighted by Gasteiger charge is 2.37. The van der Waals surface area contributed by atoms with E-state index in [2.05, 4.69) is 19.1 Å². The van der Waals surface area contributed by atoms with Gasteiger partial charge in [0.05, 0.1) is 18.7 Å². The van der Waals surface area contributed by atoms with E-state index in [9.17, 15) is 4.79 Å². The van der Waals surface area contributed by atoms with Gasteiger partial charge in [-0.15, -0.1) is 0 Å². The van der Waals surface area contributed by atoms with Crippen molar-refractivity contribution in [2.75, 3.05) is 6.61 Å². The van der Waals surface area contributed by atoms with Gasteiger partial charge in [-0.2, -0.15) is 0 Å². The summed E-state index contributed by atoms with van der Waals surface area (Å²) in [6.45, 7) is 5.11. The second kappa shape index (κ2) is 7.16. The molecule has 0 spiro atoms. The van der Waals surface area contributed by atoms with Crippen LogP contribution in [0.3, 0.4) is 0 Å². The van der Waals surface area contributed by atoms with Crippen LogP contribution in [0.15, 0.2) is 54.6 Å². The summed E-state index contributed by atoms with van der Waals surface area (Å²) >= 11 is 0. The minimum absolute atomic E-state index is 0.0298. The topological polar surface area (TPSA) is 55.6 Å². The summed E-state index contributed by atoms with van der Waals surface area (Å²) in [5, 5.41) is 0. The van der Waals surface area contributed by atoms with Gasteiger partial charge < -0.3 is 15.4 Å². The van der Waals surface area contributed by atoms with Crippen molar-refractivity contribution < 1.29 is 9.53 Å². The van der Waals surface area contributed by atoms with Gasteiger partial charge in [0, 0.05) is 12.1 Å². The fraction of sp³-hybridized carbons (Fsp3) is 0.350. The summed E-state index contributed by atoms with van der Waals surface area (Å²) in [5.74, 6) is 0.0443. The number of ether oxygens (including phenoxy) is 1. The average molecular weight is 324 g/mol. The Morgan fingerprint density at radius 1 is 1.12 bits per heavy atom. The Morgan fingerprint density at radius 2 is 1.79 bits per heavy atom. The summed E-state index contributed by atoms with van der Waals surface area (Å²) in [6, 6.07) is 17.7. The zero-order valence-electron chi connectivity index (χ0n) is 14.2. The van der Waals surface area contributed by atoms with Crippen LogP contribution < -0.4 is 5.73 Å². The van der Waals surface area contributed by atoms with Gasteiger partial charge in [-0.05, 0) is 37.1 Å². The molecule has 1 heterocycles. The van der Waals surface area contributed by atoms with Gasteiger partial charge in [0.25, 0.3) is 5.91 Å². The third kappa shape index (κ3) is 3.21. The molecule has 2 aromatic carbocycles. The maximum Gasteiger partial charge on any atom is 0.254 e. The molecule has 1 amide bonds. The standard InChI is InChI=1S/C20H24N2O2/c1-14-13-24-19(17-6-4-3-5-7-17)15(2)22(14)20(23)18-10-8-16(12-21)9-11-18/h3-11,14-15,19H,12-13,21H2,1-2H3/t14-,15-,19+/m1/s1. The highest BCUT2D eigenvalue weighted by molar-refractivity contribution is 5.94. The molecule has 3 rings (SSSR count). The van der Waals surface area contributed by atoms with Gasteiger partial charge in [-0.1, -0.05) is 42.5 Å². The van der Waals surface area contributed by atoms with E-state index < -0.39 is 0 Å². The number of carbonyl (C=O) groups is 1. The zero-order valence-corrected chi connectivity index (χ0v) is 14.2. The molecule has 24 heavy (non-hydrogen) atoms. The molecular formula is C20H24N2O2. The molecule has 1 aliphatic heterocycles. The smallest absolute Gasteiger partial charge is 0.254 e. The van der Waals surface area contributed by atoms with E-state index in [1.54, 1.807) is 0 Å². The fourth-order valence-corrected chi connectivity index (χ4v) is 3.34. The van der Waals surface area contributed by atoms with E-state index in [1.807, 2.05) is 54.3 Å². The molecule has 0 aromatic heterocycles. The first-order valence-electron chi connectivity index (χ1n) is 8.40. The number of hydrogen-bond acceptors (Lipinski definition) is 3. The molecule has 0 aliphatic carbocycles. The van der Waals surface area contributed by atoms with Gasteiger partial charge >= 0.3 is 0 Å². The lowest BCUT2D eigenvalue weighted by Crippen LogP contribution is -2.53. The molecular weight excluding hydrogens is 300 g/mol. The second-order valence-corrected chi connectivity index (χ2v) is 6.37. The second-order valence-electron chi connectivity index (χ2n) is 6.37. The number of morpholine rings is 1. The van der Waals surface area contributed by atoms with E-state index in [-0.39, 0.29) is 24.1 Å². The van der Waals surface area contributed by atoms with Crippen molar-refractivity contribution >= 4 is 5.91 Å². The number of benzene rings is 2. The molecule has 0 bridgehead atoms. The van der Waals surface area contributed by atoms with Gasteiger partial charge in [-0.3, -0.25) is 4.79 Å². The lowest BCUT2D eigenvalue weighted by Gasteiger charge is -2.44. The van der Waals surface area contributed by atoms with Crippen molar-refractivity contribution in [1.82, 2.24) is 4.90 Å². The predicted octanol–water partition coefficient (Wildman–Crippen LogP) is 3.14. The van der Waals surface area contributed by atoms with E-state index in [0.29, 0.717) is 18.7 Å². The molecule has 0 saturated carbocycles. The Balaban J connectivity index is 1.85. The molecule has 3 atom stereocenters. The van der Waals surface area contributed by atoms with E-state index >= 15 is 0 Å². The number of carbonyl (C=O) groups excluding carboxylic acids is 1. The van der Waals surface area contributed by atoms with Crippen LogP contribution in [0.2, 0.25) is 0 Å². The normalized spacial score (nSPS) is 24.0. The van der Waals surface area contributed by atoms with Crippen molar-refractivity contribution in [3.63, 3.8) is 0 Å². The largest absolute Gasteiger partial charge is 0.369 e. The van der Waals surface area contributed by atoms with Crippen LogP contribution in [-0.4, -0.2) is 29.5 Å². The Bertz CT molecular complexity index is 685. The van der Waals surface area contributed by atoms with Crippen molar-refractivity contribution in [3.05, 3.63) is 71.3 Å². The molecule has 4 heteroatoms. The Labute approximate surface area is 143 Å². The minimum atomic E-state index is -0.102. The quantitative estimate of drug-likeness (QED) is 0.943.